The minimum atomic E-state index is -4.40. The third kappa shape index (κ3) is 3.37. The summed E-state index contributed by atoms with van der Waals surface area (Å²) in [6.45, 7) is 0. The molecule has 108 valence electrons. The van der Waals surface area contributed by atoms with Gasteiger partial charge in [0.2, 0.25) is 0 Å². The van der Waals surface area contributed by atoms with Crippen LogP contribution in [0, 0.1) is 17.2 Å². The lowest BCUT2D eigenvalue weighted by Crippen LogP contribution is -2.31. The van der Waals surface area contributed by atoms with Crippen LogP contribution in [0.4, 0.5) is 18.9 Å². The molecule has 1 aliphatic rings. The lowest BCUT2D eigenvalue weighted by atomic mass is 9.85. The Morgan fingerprint density at radius 3 is 2.55 bits per heavy atom. The van der Waals surface area contributed by atoms with Crippen molar-refractivity contribution in [2.24, 2.45) is 5.92 Å². The fourth-order valence-corrected chi connectivity index (χ4v) is 2.70. The van der Waals surface area contributed by atoms with Crippen LogP contribution in [-0.4, -0.2) is 6.04 Å². The first-order chi connectivity index (χ1) is 9.41. The van der Waals surface area contributed by atoms with Crippen molar-refractivity contribution >= 4 is 17.3 Å². The molecule has 1 aromatic carbocycles. The minimum Gasteiger partial charge on any atom is -0.380 e. The predicted molar refractivity (Wildman–Crippen MR) is 71.4 cm³/mol. The van der Waals surface area contributed by atoms with E-state index in [1.807, 2.05) is 0 Å². The van der Waals surface area contributed by atoms with Crippen molar-refractivity contribution in [2.45, 2.75) is 37.9 Å². The molecule has 1 saturated carbocycles. The maximum atomic E-state index is 12.6. The van der Waals surface area contributed by atoms with Gasteiger partial charge in [-0.25, -0.2) is 0 Å². The zero-order valence-corrected chi connectivity index (χ0v) is 11.4. The third-order valence-electron chi connectivity index (χ3n) is 3.57. The van der Waals surface area contributed by atoms with E-state index >= 15 is 0 Å². The number of halogens is 4. The monoisotopic (exact) mass is 302 g/mol. The standard InChI is InChI=1S/C14H14ClF3N2/c15-11-7-10(14(16,17)18)5-6-13(11)20-12-4-2-1-3-9(12)8-19/h5-7,9,12,20H,1-4H2. The number of nitrogens with zero attached hydrogens (tertiary/aromatic N) is 1. The number of rotatable bonds is 2. The van der Waals surface area contributed by atoms with E-state index in [0.717, 1.165) is 37.8 Å². The molecule has 2 rings (SSSR count). The molecule has 0 aromatic heterocycles. The fraction of sp³-hybridized carbons (Fsp3) is 0.500. The average Bonchev–Trinajstić information content (AvgIpc) is 2.40. The van der Waals surface area contributed by atoms with E-state index < -0.39 is 11.7 Å². The largest absolute Gasteiger partial charge is 0.416 e. The summed E-state index contributed by atoms with van der Waals surface area (Å²) in [6.07, 6.45) is -0.741. The Balaban J connectivity index is 2.16. The number of benzene rings is 1. The highest BCUT2D eigenvalue weighted by atomic mass is 35.5. The van der Waals surface area contributed by atoms with Gasteiger partial charge in [-0.3, -0.25) is 0 Å². The van der Waals surface area contributed by atoms with E-state index in [2.05, 4.69) is 11.4 Å². The number of hydrogen-bond donors (Lipinski definition) is 1. The predicted octanol–water partition coefficient (Wildman–Crippen LogP) is 4.85. The molecule has 0 saturated heterocycles. The molecule has 20 heavy (non-hydrogen) atoms. The summed E-state index contributed by atoms with van der Waals surface area (Å²) >= 11 is 5.90. The Bertz CT molecular complexity index is 522. The molecule has 1 fully saturated rings. The van der Waals surface area contributed by atoms with E-state index in [9.17, 15) is 13.2 Å². The molecule has 0 radical (unpaired) electrons. The lowest BCUT2D eigenvalue weighted by Gasteiger charge is -2.29. The Kier molecular flexibility index (Phi) is 4.44. The first kappa shape index (κ1) is 15.0. The number of nitriles is 1. The normalized spacial score (nSPS) is 23.1. The molecule has 2 atom stereocenters. The molecule has 1 aromatic rings. The molecule has 2 nitrogen and oxygen atoms in total. The van der Waals surface area contributed by atoms with Crippen molar-refractivity contribution in [3.05, 3.63) is 28.8 Å². The van der Waals surface area contributed by atoms with Gasteiger partial charge in [-0.2, -0.15) is 18.4 Å². The summed E-state index contributed by atoms with van der Waals surface area (Å²) in [4.78, 5) is 0. The van der Waals surface area contributed by atoms with Crippen LogP contribution in [0.5, 0.6) is 0 Å². The highest BCUT2D eigenvalue weighted by Crippen LogP contribution is 2.35. The van der Waals surface area contributed by atoms with Crippen LogP contribution in [0.1, 0.15) is 31.2 Å². The maximum Gasteiger partial charge on any atom is 0.416 e. The third-order valence-corrected chi connectivity index (χ3v) is 3.88. The highest BCUT2D eigenvalue weighted by Gasteiger charge is 2.31. The average molecular weight is 303 g/mol. The van der Waals surface area contributed by atoms with Crippen LogP contribution < -0.4 is 5.32 Å². The second-order valence-corrected chi connectivity index (χ2v) is 5.37. The van der Waals surface area contributed by atoms with E-state index in [-0.39, 0.29) is 17.0 Å². The molecular weight excluding hydrogens is 289 g/mol. The van der Waals surface area contributed by atoms with Gasteiger partial charge in [0.25, 0.3) is 0 Å². The van der Waals surface area contributed by atoms with Crippen molar-refractivity contribution in [3.63, 3.8) is 0 Å². The first-order valence-corrected chi connectivity index (χ1v) is 6.82. The van der Waals surface area contributed by atoms with Crippen molar-refractivity contribution in [2.75, 3.05) is 5.32 Å². The molecular formula is C14H14ClF3N2. The number of anilines is 1. The number of nitrogens with one attached hydrogen (secondary N) is 1. The minimum absolute atomic E-state index is 0.0297. The van der Waals surface area contributed by atoms with E-state index in [1.165, 1.54) is 6.07 Å². The number of hydrogen-bond acceptors (Lipinski definition) is 2. The van der Waals surface area contributed by atoms with Crippen molar-refractivity contribution in [3.8, 4) is 6.07 Å². The van der Waals surface area contributed by atoms with Gasteiger partial charge in [0.1, 0.15) is 0 Å². The summed E-state index contributed by atoms with van der Waals surface area (Å²) in [5.41, 5.74) is -0.319. The highest BCUT2D eigenvalue weighted by molar-refractivity contribution is 6.33. The van der Waals surface area contributed by atoms with E-state index in [0.29, 0.717) is 5.69 Å². The smallest absolute Gasteiger partial charge is 0.380 e. The Morgan fingerprint density at radius 2 is 1.95 bits per heavy atom. The van der Waals surface area contributed by atoms with E-state index in [1.54, 1.807) is 0 Å². The molecule has 0 amide bonds. The van der Waals surface area contributed by atoms with Crippen LogP contribution in [0.2, 0.25) is 5.02 Å². The molecule has 2 unspecified atom stereocenters. The van der Waals surface area contributed by atoms with Gasteiger partial charge in [0, 0.05) is 6.04 Å². The molecule has 0 bridgehead atoms. The van der Waals surface area contributed by atoms with Gasteiger partial charge in [0.15, 0.2) is 0 Å². The fourth-order valence-electron chi connectivity index (χ4n) is 2.47. The maximum absolute atomic E-state index is 12.6. The quantitative estimate of drug-likeness (QED) is 0.847. The summed E-state index contributed by atoms with van der Waals surface area (Å²) in [5, 5.41) is 12.2. The van der Waals surface area contributed by atoms with Crippen molar-refractivity contribution in [1.29, 1.82) is 5.26 Å². The van der Waals surface area contributed by atoms with Gasteiger partial charge < -0.3 is 5.32 Å². The van der Waals surface area contributed by atoms with Crippen LogP contribution in [0.3, 0.4) is 0 Å². The molecule has 0 heterocycles. The molecule has 0 spiro atoms. The molecule has 1 N–H and O–H groups in total. The zero-order valence-electron chi connectivity index (χ0n) is 10.7. The zero-order chi connectivity index (χ0) is 14.8. The van der Waals surface area contributed by atoms with Gasteiger partial charge in [-0.15, -0.1) is 0 Å². The van der Waals surface area contributed by atoms with Gasteiger partial charge >= 0.3 is 6.18 Å². The molecule has 6 heteroatoms. The van der Waals surface area contributed by atoms with Crippen LogP contribution in [0.15, 0.2) is 18.2 Å². The summed E-state index contributed by atoms with van der Waals surface area (Å²) in [7, 11) is 0. The second kappa shape index (κ2) is 5.92. The second-order valence-electron chi connectivity index (χ2n) is 4.96. The Morgan fingerprint density at radius 1 is 1.25 bits per heavy atom. The number of alkyl halides is 3. The lowest BCUT2D eigenvalue weighted by molar-refractivity contribution is -0.137. The Labute approximate surface area is 120 Å². The van der Waals surface area contributed by atoms with Crippen LogP contribution in [0.25, 0.3) is 0 Å². The van der Waals surface area contributed by atoms with E-state index in [4.69, 9.17) is 16.9 Å². The van der Waals surface area contributed by atoms with Crippen LogP contribution >= 0.6 is 11.6 Å². The summed E-state index contributed by atoms with van der Waals surface area (Å²) in [5.74, 6) is -0.123. The van der Waals surface area contributed by atoms with Gasteiger partial charge in [-0.05, 0) is 31.0 Å². The Hall–Kier alpha value is -1.41. The topological polar surface area (TPSA) is 35.8 Å². The van der Waals surface area contributed by atoms with Crippen LogP contribution in [-0.2, 0) is 6.18 Å². The van der Waals surface area contributed by atoms with Gasteiger partial charge in [-0.1, -0.05) is 24.4 Å². The summed E-state index contributed by atoms with van der Waals surface area (Å²) in [6, 6.07) is 5.43. The first-order valence-electron chi connectivity index (χ1n) is 6.44. The summed E-state index contributed by atoms with van der Waals surface area (Å²) < 4.78 is 37.7. The van der Waals surface area contributed by atoms with Crippen molar-refractivity contribution < 1.29 is 13.2 Å². The van der Waals surface area contributed by atoms with Crippen molar-refractivity contribution in [1.82, 2.24) is 0 Å². The van der Waals surface area contributed by atoms with Gasteiger partial charge in [0.05, 0.1) is 28.3 Å². The molecule has 0 aliphatic heterocycles. The SMILES string of the molecule is N#CC1CCCCC1Nc1ccc(C(F)(F)F)cc1Cl. The molecule has 1 aliphatic carbocycles.